The first-order chi connectivity index (χ1) is 9.95. The minimum absolute atomic E-state index is 0.0522. The standard InChI is InChI=1S/C17H23BrN2O/c1-17(2,3)16-19-14-10-13(18)4-5-15(14)20(16)11-12-6-8-21-9-7-12/h4-5,10,12H,6-9,11H2,1-3H3. The molecule has 114 valence electrons. The Kier molecular flexibility index (Phi) is 4.10. The predicted molar refractivity (Wildman–Crippen MR) is 89.7 cm³/mol. The summed E-state index contributed by atoms with van der Waals surface area (Å²) in [6, 6.07) is 6.41. The lowest BCUT2D eigenvalue weighted by atomic mass is 9.94. The number of ether oxygens (including phenoxy) is 1. The van der Waals surface area contributed by atoms with Crippen LogP contribution in [0.5, 0.6) is 0 Å². The average Bonchev–Trinajstić information content (AvgIpc) is 2.78. The summed E-state index contributed by atoms with van der Waals surface area (Å²) in [4.78, 5) is 4.91. The van der Waals surface area contributed by atoms with Crippen molar-refractivity contribution in [3.63, 3.8) is 0 Å². The second-order valence-electron chi connectivity index (χ2n) is 6.98. The van der Waals surface area contributed by atoms with Crippen molar-refractivity contribution >= 4 is 27.0 Å². The van der Waals surface area contributed by atoms with Gasteiger partial charge in [-0.2, -0.15) is 0 Å². The predicted octanol–water partition coefficient (Wildman–Crippen LogP) is 4.52. The molecule has 0 atom stereocenters. The van der Waals surface area contributed by atoms with Crippen LogP contribution in [0.4, 0.5) is 0 Å². The zero-order valence-electron chi connectivity index (χ0n) is 13.0. The molecule has 0 saturated carbocycles. The molecule has 0 bridgehead atoms. The zero-order valence-corrected chi connectivity index (χ0v) is 14.6. The number of imidazole rings is 1. The fourth-order valence-electron chi connectivity index (χ4n) is 3.05. The summed E-state index contributed by atoms with van der Waals surface area (Å²) in [6.07, 6.45) is 2.31. The van der Waals surface area contributed by atoms with Crippen LogP contribution in [0.1, 0.15) is 39.4 Å². The van der Waals surface area contributed by atoms with Crippen LogP contribution < -0.4 is 0 Å². The Morgan fingerprint density at radius 1 is 1.29 bits per heavy atom. The Morgan fingerprint density at radius 3 is 2.67 bits per heavy atom. The number of rotatable bonds is 2. The Balaban J connectivity index is 2.04. The second kappa shape index (κ2) is 5.73. The van der Waals surface area contributed by atoms with Crippen LogP contribution in [0.3, 0.4) is 0 Å². The first-order valence-corrected chi connectivity index (χ1v) is 8.48. The number of hydrogen-bond donors (Lipinski definition) is 0. The summed E-state index contributed by atoms with van der Waals surface area (Å²) < 4.78 is 9.01. The van der Waals surface area contributed by atoms with Crippen LogP contribution in [0.2, 0.25) is 0 Å². The molecule has 2 aromatic rings. The van der Waals surface area contributed by atoms with Gasteiger partial charge in [0.2, 0.25) is 0 Å². The van der Waals surface area contributed by atoms with E-state index >= 15 is 0 Å². The van der Waals surface area contributed by atoms with E-state index in [1.54, 1.807) is 0 Å². The molecule has 1 saturated heterocycles. The quantitative estimate of drug-likeness (QED) is 0.795. The van der Waals surface area contributed by atoms with Gasteiger partial charge in [-0.3, -0.25) is 0 Å². The van der Waals surface area contributed by atoms with Gasteiger partial charge in [0.25, 0.3) is 0 Å². The molecule has 3 rings (SSSR count). The van der Waals surface area contributed by atoms with Gasteiger partial charge in [0.1, 0.15) is 5.82 Å². The fourth-order valence-corrected chi connectivity index (χ4v) is 3.40. The third kappa shape index (κ3) is 3.16. The minimum atomic E-state index is 0.0522. The molecule has 0 radical (unpaired) electrons. The highest BCUT2D eigenvalue weighted by Crippen LogP contribution is 2.30. The Morgan fingerprint density at radius 2 is 2.00 bits per heavy atom. The molecule has 0 aliphatic carbocycles. The molecule has 0 N–H and O–H groups in total. The number of benzene rings is 1. The van der Waals surface area contributed by atoms with E-state index in [4.69, 9.17) is 9.72 Å². The molecule has 2 heterocycles. The van der Waals surface area contributed by atoms with E-state index in [0.717, 1.165) is 42.6 Å². The number of hydrogen-bond acceptors (Lipinski definition) is 2. The monoisotopic (exact) mass is 350 g/mol. The van der Waals surface area contributed by atoms with Gasteiger partial charge < -0.3 is 9.30 Å². The van der Waals surface area contributed by atoms with E-state index in [0.29, 0.717) is 5.92 Å². The molecule has 3 nitrogen and oxygen atoms in total. The van der Waals surface area contributed by atoms with E-state index in [1.807, 2.05) is 0 Å². The second-order valence-corrected chi connectivity index (χ2v) is 7.90. The Labute approximate surface area is 134 Å². The minimum Gasteiger partial charge on any atom is -0.381 e. The van der Waals surface area contributed by atoms with Crippen molar-refractivity contribution in [2.45, 2.75) is 45.6 Å². The first-order valence-electron chi connectivity index (χ1n) is 7.69. The summed E-state index contributed by atoms with van der Waals surface area (Å²) in [6.45, 7) is 9.56. The van der Waals surface area contributed by atoms with Gasteiger partial charge in [0.05, 0.1) is 11.0 Å². The van der Waals surface area contributed by atoms with Crippen LogP contribution in [-0.4, -0.2) is 22.8 Å². The summed E-state index contributed by atoms with van der Waals surface area (Å²) in [5.74, 6) is 1.88. The number of nitrogens with zero attached hydrogens (tertiary/aromatic N) is 2. The van der Waals surface area contributed by atoms with E-state index in [-0.39, 0.29) is 5.41 Å². The average molecular weight is 351 g/mol. The molecule has 1 aliphatic heterocycles. The van der Waals surface area contributed by atoms with Gasteiger partial charge in [-0.1, -0.05) is 36.7 Å². The summed E-state index contributed by atoms with van der Waals surface area (Å²) in [5.41, 5.74) is 2.38. The van der Waals surface area contributed by atoms with Crippen LogP contribution in [0.25, 0.3) is 11.0 Å². The van der Waals surface area contributed by atoms with Crippen LogP contribution in [0.15, 0.2) is 22.7 Å². The summed E-state index contributed by atoms with van der Waals surface area (Å²) >= 11 is 3.55. The van der Waals surface area contributed by atoms with Gasteiger partial charge >= 0.3 is 0 Å². The first kappa shape index (κ1) is 15.0. The van der Waals surface area contributed by atoms with Crippen LogP contribution in [0, 0.1) is 5.92 Å². The molecule has 0 unspecified atom stereocenters. The molecule has 1 aromatic heterocycles. The zero-order chi connectivity index (χ0) is 15.0. The van der Waals surface area contributed by atoms with Crippen molar-refractivity contribution in [3.8, 4) is 0 Å². The maximum atomic E-state index is 5.49. The SMILES string of the molecule is CC(C)(C)c1nc2cc(Br)ccc2n1CC1CCOCC1. The van der Waals surface area contributed by atoms with Gasteiger partial charge in [-0.05, 0) is 37.0 Å². The van der Waals surface area contributed by atoms with Gasteiger partial charge in [0, 0.05) is 29.6 Å². The van der Waals surface area contributed by atoms with Gasteiger partial charge in [-0.15, -0.1) is 0 Å². The molecule has 0 amide bonds. The van der Waals surface area contributed by atoms with Gasteiger partial charge in [-0.25, -0.2) is 4.98 Å². The van der Waals surface area contributed by atoms with Crippen molar-refractivity contribution in [1.29, 1.82) is 0 Å². The van der Waals surface area contributed by atoms with Crippen molar-refractivity contribution in [1.82, 2.24) is 9.55 Å². The maximum Gasteiger partial charge on any atom is 0.115 e. The van der Waals surface area contributed by atoms with E-state index in [2.05, 4.69) is 59.5 Å². The van der Waals surface area contributed by atoms with Crippen molar-refractivity contribution < 1.29 is 4.74 Å². The third-order valence-corrected chi connectivity index (χ3v) is 4.66. The molecule has 1 fully saturated rings. The molecule has 1 aliphatic rings. The van der Waals surface area contributed by atoms with Crippen molar-refractivity contribution in [3.05, 3.63) is 28.5 Å². The number of aromatic nitrogens is 2. The molecular formula is C17H23BrN2O. The Bertz CT molecular complexity index is 636. The largest absolute Gasteiger partial charge is 0.381 e. The van der Waals surface area contributed by atoms with Gasteiger partial charge in [0.15, 0.2) is 0 Å². The highest BCUT2D eigenvalue weighted by molar-refractivity contribution is 9.10. The van der Waals surface area contributed by atoms with Crippen molar-refractivity contribution in [2.24, 2.45) is 5.92 Å². The highest BCUT2D eigenvalue weighted by Gasteiger charge is 2.25. The summed E-state index contributed by atoms with van der Waals surface area (Å²) in [7, 11) is 0. The van der Waals surface area contributed by atoms with Crippen LogP contribution >= 0.6 is 15.9 Å². The lowest BCUT2D eigenvalue weighted by Crippen LogP contribution is -2.25. The van der Waals surface area contributed by atoms with E-state index in [1.165, 1.54) is 11.3 Å². The number of halogens is 1. The van der Waals surface area contributed by atoms with Crippen LogP contribution in [-0.2, 0) is 16.7 Å². The molecule has 0 spiro atoms. The summed E-state index contributed by atoms with van der Waals surface area (Å²) in [5, 5.41) is 0. The van der Waals surface area contributed by atoms with Crippen molar-refractivity contribution in [2.75, 3.05) is 13.2 Å². The normalized spacial score (nSPS) is 17.5. The maximum absolute atomic E-state index is 5.49. The number of fused-ring (bicyclic) bond motifs is 1. The topological polar surface area (TPSA) is 27.1 Å². The van der Waals surface area contributed by atoms with E-state index in [9.17, 15) is 0 Å². The molecule has 21 heavy (non-hydrogen) atoms. The lowest BCUT2D eigenvalue weighted by Gasteiger charge is -2.26. The molecule has 4 heteroatoms. The molecular weight excluding hydrogens is 328 g/mol. The lowest BCUT2D eigenvalue weighted by molar-refractivity contribution is 0.0611. The Hall–Kier alpha value is -0.870. The smallest absolute Gasteiger partial charge is 0.115 e. The fraction of sp³-hybridized carbons (Fsp3) is 0.588. The van der Waals surface area contributed by atoms with E-state index < -0.39 is 0 Å². The highest BCUT2D eigenvalue weighted by atomic mass is 79.9. The molecule has 1 aromatic carbocycles. The third-order valence-electron chi connectivity index (χ3n) is 4.16.